The predicted molar refractivity (Wildman–Crippen MR) is 46.3 cm³/mol. The molecule has 166 valence electrons. The fourth-order valence-electron chi connectivity index (χ4n) is 0.932. The molecule has 0 aromatic carbocycles. The first-order valence-corrected chi connectivity index (χ1v) is 5.45. The van der Waals surface area contributed by atoms with Crippen LogP contribution in [0.4, 0.5) is 61.5 Å². The van der Waals surface area contributed by atoms with Gasteiger partial charge < -0.3 is 0 Å². The van der Waals surface area contributed by atoms with Gasteiger partial charge in [0, 0.05) is 0 Å². The summed E-state index contributed by atoms with van der Waals surface area (Å²) in [7, 11) is 0. The van der Waals surface area contributed by atoms with Gasteiger partial charge in [-0.1, -0.05) is 0 Å². The highest BCUT2D eigenvalue weighted by molar-refractivity contribution is 5.82. The van der Waals surface area contributed by atoms with Gasteiger partial charge in [0.2, 0.25) is 0 Å². The number of alkyl halides is 14. The van der Waals surface area contributed by atoms with E-state index in [-0.39, 0.29) is 0 Å². The van der Waals surface area contributed by atoms with Gasteiger partial charge in [-0.05, 0) is 0 Å². The summed E-state index contributed by atoms with van der Waals surface area (Å²) in [6, 6.07) is 0. The fraction of sp³-hybridized carbons (Fsp3) is 0.750. The molecule has 0 bridgehead atoms. The minimum absolute atomic E-state index is 1.73. The third kappa shape index (κ3) is 6.21. The Morgan fingerprint density at radius 1 is 0.464 bits per heavy atom. The summed E-state index contributed by atoms with van der Waals surface area (Å²) in [6.07, 6.45) is -27.2. The average Bonchev–Trinajstić information content (AvgIpc) is 2.37. The van der Waals surface area contributed by atoms with Gasteiger partial charge in [0.1, 0.15) is 0 Å². The third-order valence-electron chi connectivity index (χ3n) is 1.96. The second-order valence-electron chi connectivity index (χ2n) is 4.02. The van der Waals surface area contributed by atoms with Gasteiger partial charge in [0.05, 0.1) is 0 Å². The predicted octanol–water partition coefficient (Wildman–Crippen LogP) is 3.52. The van der Waals surface area contributed by atoms with E-state index in [0.29, 0.717) is 0 Å². The number of halogens is 14. The molecule has 0 aliphatic rings. The molecule has 0 rings (SSSR count). The smallest absolute Gasteiger partial charge is 0.240 e. The summed E-state index contributed by atoms with van der Waals surface area (Å²) in [6.45, 7) is 0. The van der Waals surface area contributed by atoms with E-state index in [2.05, 4.69) is 9.78 Å². The summed E-state index contributed by atoms with van der Waals surface area (Å²) >= 11 is 0. The zero-order valence-corrected chi connectivity index (χ0v) is 11.7. The van der Waals surface area contributed by atoms with Crippen molar-refractivity contribution in [3.8, 4) is 0 Å². The highest BCUT2D eigenvalue weighted by atomic mass is 19.4. The van der Waals surface area contributed by atoms with Crippen LogP contribution in [0, 0.1) is 0 Å². The first kappa shape index (κ1) is 25.9. The minimum Gasteiger partial charge on any atom is -0.240 e. The first-order chi connectivity index (χ1) is 12.0. The summed E-state index contributed by atoms with van der Waals surface area (Å²) < 4.78 is 173. The number of ether oxygens (including phenoxy) is 2. The van der Waals surface area contributed by atoms with Crippen molar-refractivity contribution < 1.29 is 90.3 Å². The summed E-state index contributed by atoms with van der Waals surface area (Å²) in [4.78, 5) is 25.9. The van der Waals surface area contributed by atoms with E-state index in [1.807, 2.05) is 0 Å². The molecular formula is C8F14O6. The van der Waals surface area contributed by atoms with Gasteiger partial charge in [0.15, 0.2) is 0 Å². The van der Waals surface area contributed by atoms with Crippen molar-refractivity contribution >= 4 is 11.9 Å². The van der Waals surface area contributed by atoms with Crippen molar-refractivity contribution in [3.05, 3.63) is 0 Å². The Labute approximate surface area is 140 Å². The molecule has 20 heteroatoms. The number of carbonyl (C=O) groups excluding carboxylic acids is 2. The lowest BCUT2D eigenvalue weighted by Crippen LogP contribution is -2.56. The molecule has 0 saturated heterocycles. The van der Waals surface area contributed by atoms with Crippen molar-refractivity contribution in [3.63, 3.8) is 0 Å². The largest absolute Gasteiger partial charge is 0.525 e. The Kier molecular flexibility index (Phi) is 6.81. The van der Waals surface area contributed by atoms with Gasteiger partial charge in [0.25, 0.3) is 0 Å². The molecule has 28 heavy (non-hydrogen) atoms. The fourth-order valence-corrected chi connectivity index (χ4v) is 0.932. The lowest BCUT2D eigenvalue weighted by Gasteiger charge is -2.27. The zero-order valence-electron chi connectivity index (χ0n) is 11.7. The van der Waals surface area contributed by atoms with E-state index in [4.69, 9.17) is 0 Å². The van der Waals surface area contributed by atoms with E-state index in [1.54, 1.807) is 9.47 Å². The topological polar surface area (TPSA) is 71.1 Å². The van der Waals surface area contributed by atoms with Gasteiger partial charge >= 0.3 is 48.7 Å². The summed E-state index contributed by atoms with van der Waals surface area (Å²) in [5.41, 5.74) is 0. The maximum atomic E-state index is 13.2. The molecule has 0 heterocycles. The highest BCUT2D eigenvalue weighted by Crippen LogP contribution is 2.42. The molecule has 0 aliphatic carbocycles. The summed E-state index contributed by atoms with van der Waals surface area (Å²) in [5, 5.41) is 0. The lowest BCUT2D eigenvalue weighted by molar-refractivity contribution is -0.451. The van der Waals surface area contributed by atoms with Crippen LogP contribution in [-0.2, 0) is 28.8 Å². The molecule has 0 spiro atoms. The number of carbonyl (C=O) groups is 2. The van der Waals surface area contributed by atoms with E-state index in [9.17, 15) is 71.1 Å². The maximum absolute atomic E-state index is 13.2. The van der Waals surface area contributed by atoms with E-state index >= 15 is 0 Å². The van der Waals surface area contributed by atoms with Gasteiger partial charge in [-0.3, -0.25) is 0 Å². The number of hydrogen-bond acceptors (Lipinski definition) is 6. The van der Waals surface area contributed by atoms with Crippen molar-refractivity contribution in [2.24, 2.45) is 0 Å². The molecule has 0 radical (unpaired) electrons. The van der Waals surface area contributed by atoms with Gasteiger partial charge in [-0.25, -0.2) is 28.8 Å². The van der Waals surface area contributed by atoms with Crippen LogP contribution in [0.25, 0.3) is 0 Å². The van der Waals surface area contributed by atoms with Crippen molar-refractivity contribution in [2.45, 2.75) is 36.8 Å². The van der Waals surface area contributed by atoms with Crippen LogP contribution in [0.15, 0.2) is 0 Å². The molecule has 0 aliphatic heterocycles. The molecule has 6 nitrogen and oxygen atoms in total. The van der Waals surface area contributed by atoms with Crippen LogP contribution < -0.4 is 0 Å². The lowest BCUT2D eigenvalue weighted by atomic mass is 10.3. The molecule has 0 fully saturated rings. The van der Waals surface area contributed by atoms with Crippen LogP contribution in [-0.4, -0.2) is 48.7 Å². The van der Waals surface area contributed by atoms with Crippen LogP contribution in [0.1, 0.15) is 0 Å². The molecular weight excluding hydrogens is 458 g/mol. The molecule has 0 N–H and O–H groups in total. The van der Waals surface area contributed by atoms with Crippen LogP contribution >= 0.6 is 0 Å². The summed E-state index contributed by atoms with van der Waals surface area (Å²) in [5.74, 6) is -21.3. The van der Waals surface area contributed by atoms with Crippen molar-refractivity contribution in [2.75, 3.05) is 0 Å². The Bertz CT molecular complexity index is 537. The van der Waals surface area contributed by atoms with E-state index in [1.165, 1.54) is 0 Å². The quantitative estimate of drug-likeness (QED) is 0.365. The van der Waals surface area contributed by atoms with Crippen molar-refractivity contribution in [1.82, 2.24) is 0 Å². The Hall–Kier alpha value is -2.12. The van der Waals surface area contributed by atoms with Crippen LogP contribution in [0.2, 0.25) is 0 Å². The average molecular weight is 458 g/mol. The Morgan fingerprint density at radius 2 is 0.679 bits per heavy atom. The molecule has 2 atom stereocenters. The Balaban J connectivity index is 5.63. The Morgan fingerprint density at radius 3 is 0.821 bits per heavy atom. The van der Waals surface area contributed by atoms with Crippen molar-refractivity contribution in [1.29, 1.82) is 0 Å². The number of hydrogen-bond donors (Lipinski definition) is 0. The normalized spacial score (nSPS) is 18.1. The first-order valence-electron chi connectivity index (χ1n) is 5.45. The minimum atomic E-state index is -6.98. The second kappa shape index (κ2) is 7.37. The molecule has 0 aromatic heterocycles. The van der Waals surface area contributed by atoms with Gasteiger partial charge in [-0.2, -0.15) is 35.1 Å². The third-order valence-corrected chi connectivity index (χ3v) is 1.96. The second-order valence-corrected chi connectivity index (χ2v) is 4.02. The van der Waals surface area contributed by atoms with Crippen LogP contribution in [0.3, 0.4) is 0 Å². The zero-order chi connectivity index (χ0) is 23.0. The van der Waals surface area contributed by atoms with Gasteiger partial charge in [-0.15, -0.1) is 26.3 Å². The standard InChI is InChI=1S/C8F14O6/c9-3(5(11,12)13,27-7(17,18)19)1(23)25-26-2(24)4(10,6(14,15)16)28-8(20,21)22. The SMILES string of the molecule is O=C(OOC(=O)C(F)(OC(F)(F)F)C(F)(F)F)C(F)(OC(F)(F)F)C(F)(F)F. The van der Waals surface area contributed by atoms with E-state index < -0.39 is 48.7 Å². The highest BCUT2D eigenvalue weighted by Gasteiger charge is 2.72. The van der Waals surface area contributed by atoms with E-state index in [0.717, 1.165) is 0 Å². The molecule has 0 aromatic rings. The number of rotatable bonds is 4. The molecule has 2 unspecified atom stereocenters. The van der Waals surface area contributed by atoms with Crippen LogP contribution in [0.5, 0.6) is 0 Å². The maximum Gasteiger partial charge on any atom is 0.525 e. The molecule has 0 saturated carbocycles. The monoisotopic (exact) mass is 458 g/mol. The molecule has 0 amide bonds.